The molecule has 1 aliphatic heterocycles. The van der Waals surface area contributed by atoms with Gasteiger partial charge in [0.05, 0.1) is 0 Å². The van der Waals surface area contributed by atoms with Crippen molar-refractivity contribution < 1.29 is 14.3 Å². The number of amides is 2. The van der Waals surface area contributed by atoms with Gasteiger partial charge in [0.25, 0.3) is 5.91 Å². The summed E-state index contributed by atoms with van der Waals surface area (Å²) in [6, 6.07) is 15.3. The number of aryl methyl sites for hydroxylation is 1. The fourth-order valence-electron chi connectivity index (χ4n) is 3.16. The average Bonchev–Trinajstić information content (AvgIpc) is 2.68. The maximum atomic E-state index is 12.0. The van der Waals surface area contributed by atoms with E-state index in [0.29, 0.717) is 5.75 Å². The van der Waals surface area contributed by atoms with Crippen LogP contribution in [0.1, 0.15) is 18.4 Å². The molecular formula is C21H25N3O3. The molecular weight excluding hydrogens is 342 g/mol. The van der Waals surface area contributed by atoms with Crippen LogP contribution in [-0.4, -0.2) is 31.5 Å². The molecule has 142 valence electrons. The Bertz CT molecular complexity index is 779. The van der Waals surface area contributed by atoms with Crippen molar-refractivity contribution in [1.82, 2.24) is 0 Å². The number of nitrogens with two attached hydrogens (primary N) is 1. The van der Waals surface area contributed by atoms with Gasteiger partial charge in [-0.3, -0.25) is 9.59 Å². The molecule has 0 atom stereocenters. The summed E-state index contributed by atoms with van der Waals surface area (Å²) in [7, 11) is 0. The van der Waals surface area contributed by atoms with Crippen molar-refractivity contribution in [2.45, 2.75) is 19.8 Å². The second-order valence-corrected chi connectivity index (χ2v) is 6.86. The molecule has 2 aromatic carbocycles. The van der Waals surface area contributed by atoms with Gasteiger partial charge < -0.3 is 20.7 Å². The molecule has 3 rings (SSSR count). The van der Waals surface area contributed by atoms with Crippen molar-refractivity contribution in [2.75, 3.05) is 29.9 Å². The van der Waals surface area contributed by atoms with Gasteiger partial charge in [0.15, 0.2) is 6.61 Å². The van der Waals surface area contributed by atoms with E-state index in [1.807, 2.05) is 55.5 Å². The van der Waals surface area contributed by atoms with Crippen molar-refractivity contribution in [3.63, 3.8) is 0 Å². The molecule has 27 heavy (non-hydrogen) atoms. The van der Waals surface area contributed by atoms with E-state index < -0.39 is 0 Å². The Balaban J connectivity index is 1.48. The molecule has 1 aliphatic rings. The highest BCUT2D eigenvalue weighted by Gasteiger charge is 2.23. The van der Waals surface area contributed by atoms with E-state index in [2.05, 4.69) is 10.2 Å². The number of hydrogen-bond acceptors (Lipinski definition) is 4. The molecule has 2 aromatic rings. The lowest BCUT2D eigenvalue weighted by molar-refractivity contribution is -0.122. The van der Waals surface area contributed by atoms with Crippen LogP contribution in [0, 0.1) is 12.8 Å². The van der Waals surface area contributed by atoms with E-state index in [-0.39, 0.29) is 24.3 Å². The molecule has 0 radical (unpaired) electrons. The molecule has 1 heterocycles. The van der Waals surface area contributed by atoms with Crippen molar-refractivity contribution in [3.8, 4) is 5.75 Å². The predicted octanol–water partition coefficient (Wildman–Crippen LogP) is 2.71. The SMILES string of the molecule is Cc1ccc(OCC(=O)Nc2ccc(N3CCC(C(N)=O)CC3)cc2)cc1. The van der Waals surface area contributed by atoms with Crippen LogP contribution >= 0.6 is 0 Å². The smallest absolute Gasteiger partial charge is 0.262 e. The summed E-state index contributed by atoms with van der Waals surface area (Å²) < 4.78 is 5.49. The Hall–Kier alpha value is -3.02. The highest BCUT2D eigenvalue weighted by molar-refractivity contribution is 5.92. The lowest BCUT2D eigenvalue weighted by atomic mass is 9.96. The highest BCUT2D eigenvalue weighted by Crippen LogP contribution is 2.24. The van der Waals surface area contributed by atoms with Crippen molar-refractivity contribution in [3.05, 3.63) is 54.1 Å². The number of rotatable bonds is 6. The molecule has 3 N–H and O–H groups in total. The molecule has 1 fully saturated rings. The first-order chi connectivity index (χ1) is 13.0. The van der Waals surface area contributed by atoms with Crippen molar-refractivity contribution in [1.29, 1.82) is 0 Å². The number of nitrogens with zero attached hydrogens (tertiary/aromatic N) is 1. The van der Waals surface area contributed by atoms with Gasteiger partial charge in [-0.1, -0.05) is 17.7 Å². The molecule has 0 spiro atoms. The van der Waals surface area contributed by atoms with Crippen LogP contribution in [0.25, 0.3) is 0 Å². The minimum Gasteiger partial charge on any atom is -0.484 e. The van der Waals surface area contributed by atoms with Gasteiger partial charge in [-0.2, -0.15) is 0 Å². The minimum absolute atomic E-state index is 0.0201. The van der Waals surface area contributed by atoms with Crippen molar-refractivity contribution in [2.24, 2.45) is 11.7 Å². The topological polar surface area (TPSA) is 84.7 Å². The van der Waals surface area contributed by atoms with Crippen LogP contribution in [0.4, 0.5) is 11.4 Å². The average molecular weight is 367 g/mol. The lowest BCUT2D eigenvalue weighted by Gasteiger charge is -2.32. The van der Waals surface area contributed by atoms with Crippen LogP contribution in [0.3, 0.4) is 0 Å². The van der Waals surface area contributed by atoms with Gasteiger partial charge in [0.2, 0.25) is 5.91 Å². The number of carbonyl (C=O) groups is 2. The van der Waals surface area contributed by atoms with E-state index >= 15 is 0 Å². The van der Waals surface area contributed by atoms with Gasteiger partial charge in [-0.05, 0) is 56.2 Å². The number of hydrogen-bond donors (Lipinski definition) is 2. The largest absolute Gasteiger partial charge is 0.484 e. The second-order valence-electron chi connectivity index (χ2n) is 6.86. The van der Waals surface area contributed by atoms with Crippen LogP contribution in [-0.2, 0) is 9.59 Å². The standard InChI is InChI=1S/C21H25N3O3/c1-15-2-8-19(9-3-15)27-14-20(25)23-17-4-6-18(7-5-17)24-12-10-16(11-13-24)21(22)26/h2-9,16H,10-14H2,1H3,(H2,22,26)(H,23,25). The number of piperidine rings is 1. The summed E-state index contributed by atoms with van der Waals surface area (Å²) in [5.41, 5.74) is 8.32. The molecule has 0 bridgehead atoms. The first-order valence-electron chi connectivity index (χ1n) is 9.15. The Labute approximate surface area is 159 Å². The Morgan fingerprint density at radius 1 is 1.07 bits per heavy atom. The maximum Gasteiger partial charge on any atom is 0.262 e. The van der Waals surface area contributed by atoms with Crippen LogP contribution < -0.4 is 20.7 Å². The van der Waals surface area contributed by atoms with Crippen LogP contribution in [0.2, 0.25) is 0 Å². The summed E-state index contributed by atoms with van der Waals surface area (Å²) in [5.74, 6) is 0.241. The number of benzene rings is 2. The van der Waals surface area contributed by atoms with Gasteiger partial charge in [-0.15, -0.1) is 0 Å². The Morgan fingerprint density at radius 2 is 1.70 bits per heavy atom. The van der Waals surface area contributed by atoms with Gasteiger partial charge >= 0.3 is 0 Å². The first kappa shape index (κ1) is 18.8. The number of primary amides is 1. The summed E-state index contributed by atoms with van der Waals surface area (Å²) >= 11 is 0. The van der Waals surface area contributed by atoms with E-state index in [0.717, 1.165) is 42.9 Å². The molecule has 1 saturated heterocycles. The van der Waals surface area contributed by atoms with E-state index in [9.17, 15) is 9.59 Å². The summed E-state index contributed by atoms with van der Waals surface area (Å²) in [6.07, 6.45) is 1.56. The van der Waals surface area contributed by atoms with Gasteiger partial charge in [0, 0.05) is 30.4 Å². The summed E-state index contributed by atoms with van der Waals surface area (Å²) in [4.78, 5) is 25.5. The van der Waals surface area contributed by atoms with E-state index in [4.69, 9.17) is 10.5 Å². The monoisotopic (exact) mass is 367 g/mol. The Morgan fingerprint density at radius 3 is 2.30 bits per heavy atom. The Kier molecular flexibility index (Phi) is 5.96. The molecule has 6 nitrogen and oxygen atoms in total. The fraction of sp³-hybridized carbons (Fsp3) is 0.333. The maximum absolute atomic E-state index is 12.0. The molecule has 0 unspecified atom stereocenters. The molecule has 0 aromatic heterocycles. The lowest BCUT2D eigenvalue weighted by Crippen LogP contribution is -2.38. The van der Waals surface area contributed by atoms with Gasteiger partial charge in [0.1, 0.15) is 5.75 Å². The first-order valence-corrected chi connectivity index (χ1v) is 9.15. The number of nitrogens with one attached hydrogen (secondary N) is 1. The third kappa shape index (κ3) is 5.23. The number of ether oxygens (including phenoxy) is 1. The highest BCUT2D eigenvalue weighted by atomic mass is 16.5. The van der Waals surface area contributed by atoms with Gasteiger partial charge in [-0.25, -0.2) is 0 Å². The molecule has 6 heteroatoms. The second kappa shape index (κ2) is 8.58. The zero-order chi connectivity index (χ0) is 19.2. The summed E-state index contributed by atoms with van der Waals surface area (Å²) in [6.45, 7) is 3.58. The minimum atomic E-state index is -0.208. The van der Waals surface area contributed by atoms with E-state index in [1.54, 1.807) is 0 Å². The third-order valence-corrected chi connectivity index (χ3v) is 4.80. The normalized spacial score (nSPS) is 14.6. The zero-order valence-electron chi connectivity index (χ0n) is 15.5. The summed E-state index contributed by atoms with van der Waals surface area (Å²) in [5, 5.41) is 2.83. The number of anilines is 2. The zero-order valence-corrected chi connectivity index (χ0v) is 15.5. The predicted molar refractivity (Wildman–Crippen MR) is 106 cm³/mol. The number of carbonyl (C=O) groups excluding carboxylic acids is 2. The van der Waals surface area contributed by atoms with Crippen LogP contribution in [0.5, 0.6) is 5.75 Å². The molecule has 0 saturated carbocycles. The van der Waals surface area contributed by atoms with Crippen LogP contribution in [0.15, 0.2) is 48.5 Å². The fourth-order valence-corrected chi connectivity index (χ4v) is 3.16. The van der Waals surface area contributed by atoms with E-state index in [1.165, 1.54) is 0 Å². The third-order valence-electron chi connectivity index (χ3n) is 4.80. The molecule has 0 aliphatic carbocycles. The quantitative estimate of drug-likeness (QED) is 0.822. The molecule has 2 amide bonds. The van der Waals surface area contributed by atoms with Crippen molar-refractivity contribution >= 4 is 23.2 Å².